The van der Waals surface area contributed by atoms with Gasteiger partial charge >= 0.3 is 0 Å². The molecule has 0 unspecified atom stereocenters. The molecule has 0 saturated carbocycles. The zero-order valence-corrected chi connectivity index (χ0v) is 13.7. The fraction of sp³-hybridized carbons (Fsp3) is 0.500. The van der Waals surface area contributed by atoms with Gasteiger partial charge in [0.1, 0.15) is 24.2 Å². The van der Waals surface area contributed by atoms with Crippen molar-refractivity contribution in [1.82, 2.24) is 19.9 Å². The minimum atomic E-state index is -0.967. The number of piperidine rings is 1. The summed E-state index contributed by atoms with van der Waals surface area (Å²) in [6.45, 7) is 2.57. The van der Waals surface area contributed by atoms with Crippen LogP contribution in [0.2, 0.25) is 0 Å². The topological polar surface area (TPSA) is 109 Å². The van der Waals surface area contributed by atoms with Gasteiger partial charge in [0, 0.05) is 26.3 Å². The molecule has 0 bridgehead atoms. The van der Waals surface area contributed by atoms with E-state index in [1.807, 2.05) is 24.1 Å². The number of nitrogens with zero attached hydrogens (tertiary/aromatic N) is 5. The minimum absolute atomic E-state index is 0.145. The third kappa shape index (κ3) is 2.78. The predicted molar refractivity (Wildman–Crippen MR) is 88.1 cm³/mol. The number of aliphatic hydroxyl groups is 1. The fourth-order valence-electron chi connectivity index (χ4n) is 3.26. The Kier molecular flexibility index (Phi) is 4.11. The van der Waals surface area contributed by atoms with Crippen molar-refractivity contribution in [3.63, 3.8) is 0 Å². The van der Waals surface area contributed by atoms with Crippen molar-refractivity contribution >= 4 is 22.8 Å². The molecule has 0 spiro atoms. The molecule has 2 atom stereocenters. The Labute approximate surface area is 139 Å². The Bertz CT molecular complexity index is 793. The lowest BCUT2D eigenvalue weighted by molar-refractivity contribution is -0.134. The number of H-pyrrole nitrogens is 1. The average molecular weight is 328 g/mol. The number of hydrogen-bond acceptors (Lipinski definition) is 6. The second kappa shape index (κ2) is 6.09. The van der Waals surface area contributed by atoms with E-state index in [9.17, 15) is 9.90 Å². The van der Waals surface area contributed by atoms with Crippen LogP contribution in [0.3, 0.4) is 0 Å². The lowest BCUT2D eigenvalue weighted by Gasteiger charge is -2.46. The molecule has 8 nitrogen and oxygen atoms in total. The van der Waals surface area contributed by atoms with Crippen LogP contribution < -0.4 is 4.90 Å². The van der Waals surface area contributed by atoms with Crippen molar-refractivity contribution in [1.29, 1.82) is 5.26 Å². The van der Waals surface area contributed by atoms with Crippen molar-refractivity contribution < 1.29 is 9.90 Å². The highest BCUT2D eigenvalue weighted by atomic mass is 16.3. The smallest absolute Gasteiger partial charge is 0.236 e. The number of rotatable bonds is 3. The van der Waals surface area contributed by atoms with Gasteiger partial charge in [0.05, 0.1) is 23.1 Å². The number of amides is 1. The summed E-state index contributed by atoms with van der Waals surface area (Å²) in [5.74, 6) is 0.488. The van der Waals surface area contributed by atoms with Crippen LogP contribution in [-0.4, -0.2) is 62.6 Å². The molecule has 1 fully saturated rings. The lowest BCUT2D eigenvalue weighted by Crippen LogP contribution is -2.61. The summed E-state index contributed by atoms with van der Waals surface area (Å²) in [5, 5.41) is 20.4. The van der Waals surface area contributed by atoms with E-state index in [0.717, 1.165) is 11.0 Å². The number of hydrogen-bond donors (Lipinski definition) is 2. The molecule has 1 aliphatic heterocycles. The van der Waals surface area contributed by atoms with Gasteiger partial charge in [-0.25, -0.2) is 9.97 Å². The Morgan fingerprint density at radius 2 is 2.42 bits per heavy atom. The van der Waals surface area contributed by atoms with Gasteiger partial charge in [-0.3, -0.25) is 4.79 Å². The van der Waals surface area contributed by atoms with Crippen LogP contribution in [0.25, 0.3) is 11.0 Å². The normalized spacial score (nSPS) is 23.9. The van der Waals surface area contributed by atoms with Crippen LogP contribution in [0.15, 0.2) is 18.6 Å². The molecule has 24 heavy (non-hydrogen) atoms. The highest BCUT2D eigenvalue weighted by molar-refractivity contribution is 5.87. The van der Waals surface area contributed by atoms with E-state index in [0.29, 0.717) is 25.3 Å². The first kappa shape index (κ1) is 16.2. The molecular formula is C16H20N6O2. The van der Waals surface area contributed by atoms with E-state index < -0.39 is 5.60 Å². The van der Waals surface area contributed by atoms with Crippen LogP contribution in [0, 0.1) is 11.3 Å². The lowest BCUT2D eigenvalue weighted by atomic mass is 9.87. The third-order valence-corrected chi connectivity index (χ3v) is 4.72. The quantitative estimate of drug-likeness (QED) is 0.856. The van der Waals surface area contributed by atoms with Gasteiger partial charge in [-0.15, -0.1) is 0 Å². The largest absolute Gasteiger partial charge is 0.388 e. The molecular weight excluding hydrogens is 308 g/mol. The molecule has 3 heterocycles. The van der Waals surface area contributed by atoms with E-state index in [4.69, 9.17) is 5.26 Å². The number of aromatic nitrogens is 3. The summed E-state index contributed by atoms with van der Waals surface area (Å²) in [6, 6.07) is 3.44. The van der Waals surface area contributed by atoms with E-state index in [2.05, 4.69) is 15.0 Å². The highest BCUT2D eigenvalue weighted by Gasteiger charge is 2.42. The van der Waals surface area contributed by atoms with Gasteiger partial charge in [0.25, 0.3) is 0 Å². The maximum absolute atomic E-state index is 12.1. The van der Waals surface area contributed by atoms with Crippen LogP contribution >= 0.6 is 0 Å². The number of anilines is 1. The van der Waals surface area contributed by atoms with Gasteiger partial charge in [-0.1, -0.05) is 0 Å². The standard InChI is InChI=1S/C16H20N6O2/c1-16(24)5-8-22(13(23)3-6-17)9-12(16)21(2)15-11-4-7-18-14(11)19-10-20-15/h4,7,10,12,24H,3,5,8-9H2,1-2H3,(H,18,19,20)/t12-,16-/m1/s1. The number of carbonyl (C=O) groups is 1. The van der Waals surface area contributed by atoms with Crippen LogP contribution in [-0.2, 0) is 4.79 Å². The van der Waals surface area contributed by atoms with Gasteiger partial charge < -0.3 is 19.9 Å². The maximum Gasteiger partial charge on any atom is 0.236 e. The monoisotopic (exact) mass is 328 g/mol. The van der Waals surface area contributed by atoms with Gasteiger partial charge in [0.15, 0.2) is 0 Å². The van der Waals surface area contributed by atoms with Crippen LogP contribution in [0.1, 0.15) is 19.8 Å². The summed E-state index contributed by atoms with van der Waals surface area (Å²) in [7, 11) is 1.85. The summed E-state index contributed by atoms with van der Waals surface area (Å²) in [6.07, 6.45) is 3.56. The minimum Gasteiger partial charge on any atom is -0.388 e. The summed E-state index contributed by atoms with van der Waals surface area (Å²) >= 11 is 0. The summed E-state index contributed by atoms with van der Waals surface area (Å²) < 4.78 is 0. The molecule has 2 aromatic rings. The molecule has 126 valence electrons. The van der Waals surface area contributed by atoms with Crippen molar-refractivity contribution in [2.45, 2.75) is 31.4 Å². The number of nitriles is 1. The zero-order valence-electron chi connectivity index (χ0n) is 13.7. The average Bonchev–Trinajstić information content (AvgIpc) is 3.02. The number of carbonyl (C=O) groups excluding carboxylic acids is 1. The Morgan fingerprint density at radius 3 is 3.17 bits per heavy atom. The number of nitrogens with one attached hydrogen (secondary N) is 1. The van der Waals surface area contributed by atoms with Crippen LogP contribution in [0.4, 0.5) is 5.82 Å². The number of likely N-dealkylation sites (tertiary alicyclic amines) is 1. The van der Waals surface area contributed by atoms with E-state index in [1.54, 1.807) is 18.0 Å². The van der Waals surface area contributed by atoms with Crippen LogP contribution in [0.5, 0.6) is 0 Å². The van der Waals surface area contributed by atoms with E-state index >= 15 is 0 Å². The maximum atomic E-state index is 12.1. The fourth-order valence-corrected chi connectivity index (χ4v) is 3.26. The van der Waals surface area contributed by atoms with Gasteiger partial charge in [-0.2, -0.15) is 5.26 Å². The van der Waals surface area contributed by atoms with Gasteiger partial charge in [-0.05, 0) is 19.4 Å². The Morgan fingerprint density at radius 1 is 1.62 bits per heavy atom. The molecule has 1 aliphatic rings. The highest BCUT2D eigenvalue weighted by Crippen LogP contribution is 2.31. The van der Waals surface area contributed by atoms with Gasteiger partial charge in [0.2, 0.25) is 5.91 Å². The summed E-state index contributed by atoms with van der Waals surface area (Å²) in [4.78, 5) is 27.2. The SMILES string of the molecule is CN(c1ncnc2[nH]ccc12)[C@@H]1CN(C(=O)CC#N)CC[C@@]1(C)O. The molecule has 2 N–H and O–H groups in total. The molecule has 1 amide bonds. The number of fused-ring (bicyclic) bond motifs is 1. The molecule has 0 aromatic carbocycles. The molecule has 8 heteroatoms. The Hall–Kier alpha value is -2.66. The molecule has 0 radical (unpaired) electrons. The molecule has 2 aromatic heterocycles. The van der Waals surface area contributed by atoms with E-state index in [-0.39, 0.29) is 18.4 Å². The predicted octanol–water partition coefficient (Wildman–Crippen LogP) is 0.660. The first-order chi connectivity index (χ1) is 11.4. The van der Waals surface area contributed by atoms with Crippen molar-refractivity contribution in [3.05, 3.63) is 18.6 Å². The second-order valence-electron chi connectivity index (χ2n) is 6.35. The van der Waals surface area contributed by atoms with Crippen molar-refractivity contribution in [3.8, 4) is 6.07 Å². The zero-order chi connectivity index (χ0) is 17.3. The molecule has 1 saturated heterocycles. The number of likely N-dealkylation sites (N-methyl/N-ethyl adjacent to an activating group) is 1. The molecule has 0 aliphatic carbocycles. The third-order valence-electron chi connectivity index (χ3n) is 4.72. The summed E-state index contributed by atoms with van der Waals surface area (Å²) in [5.41, 5.74) is -0.245. The second-order valence-corrected chi connectivity index (χ2v) is 6.35. The first-order valence-corrected chi connectivity index (χ1v) is 7.82. The number of aromatic amines is 1. The van der Waals surface area contributed by atoms with Crippen molar-refractivity contribution in [2.75, 3.05) is 25.0 Å². The Balaban J connectivity index is 1.91. The van der Waals surface area contributed by atoms with E-state index in [1.165, 1.54) is 6.33 Å². The molecule has 3 rings (SSSR count). The van der Waals surface area contributed by atoms with Crippen molar-refractivity contribution in [2.24, 2.45) is 0 Å². The first-order valence-electron chi connectivity index (χ1n) is 7.82.